The maximum Gasteiger partial charge on any atom is 0.416 e. The lowest BCUT2D eigenvalue weighted by Gasteiger charge is -2.36. The third-order valence-corrected chi connectivity index (χ3v) is 4.35. The van der Waals surface area contributed by atoms with Gasteiger partial charge in [0.2, 0.25) is 5.91 Å². The molecule has 1 aromatic carbocycles. The molecule has 0 unspecified atom stereocenters. The van der Waals surface area contributed by atoms with E-state index in [1.165, 1.54) is 17.0 Å². The van der Waals surface area contributed by atoms with E-state index >= 15 is 0 Å². The lowest BCUT2D eigenvalue weighted by Crippen LogP contribution is -2.51. The monoisotopic (exact) mass is 342 g/mol. The van der Waals surface area contributed by atoms with Crippen molar-refractivity contribution in [3.8, 4) is 0 Å². The Kier molecular flexibility index (Phi) is 5.51. The largest absolute Gasteiger partial charge is 0.416 e. The first-order valence-electron chi connectivity index (χ1n) is 7.99. The summed E-state index contributed by atoms with van der Waals surface area (Å²) < 4.78 is 38.3. The Hall–Kier alpha value is -2.05. The number of piperazine rings is 1. The molecular formula is C17H21F3N2O2. The van der Waals surface area contributed by atoms with Crippen molar-refractivity contribution in [3.63, 3.8) is 0 Å². The molecular weight excluding hydrogens is 321 g/mol. The van der Waals surface area contributed by atoms with E-state index in [1.54, 1.807) is 4.90 Å². The predicted molar refractivity (Wildman–Crippen MR) is 83.4 cm³/mol. The van der Waals surface area contributed by atoms with E-state index in [4.69, 9.17) is 0 Å². The molecule has 0 N–H and O–H groups in total. The van der Waals surface area contributed by atoms with Gasteiger partial charge in [-0.05, 0) is 24.6 Å². The fourth-order valence-electron chi connectivity index (χ4n) is 2.63. The van der Waals surface area contributed by atoms with E-state index in [0.29, 0.717) is 26.2 Å². The van der Waals surface area contributed by atoms with E-state index in [2.05, 4.69) is 0 Å². The second kappa shape index (κ2) is 7.23. The average molecular weight is 342 g/mol. The van der Waals surface area contributed by atoms with Crippen LogP contribution in [0.1, 0.15) is 36.2 Å². The molecule has 1 atom stereocenters. The van der Waals surface area contributed by atoms with Gasteiger partial charge in [-0.2, -0.15) is 13.2 Å². The van der Waals surface area contributed by atoms with Crippen LogP contribution in [0.4, 0.5) is 13.2 Å². The second-order valence-electron chi connectivity index (χ2n) is 6.01. The van der Waals surface area contributed by atoms with Crippen molar-refractivity contribution in [2.45, 2.75) is 26.4 Å². The quantitative estimate of drug-likeness (QED) is 0.847. The molecule has 0 saturated carbocycles. The minimum Gasteiger partial charge on any atom is -0.339 e. The van der Waals surface area contributed by atoms with Gasteiger partial charge in [-0.3, -0.25) is 9.59 Å². The zero-order chi connectivity index (χ0) is 17.9. The summed E-state index contributed by atoms with van der Waals surface area (Å²) in [7, 11) is 0. The molecule has 2 amide bonds. The van der Waals surface area contributed by atoms with Crippen LogP contribution in [0.25, 0.3) is 0 Å². The van der Waals surface area contributed by atoms with Crippen LogP contribution < -0.4 is 0 Å². The first-order chi connectivity index (χ1) is 11.2. The molecule has 0 radical (unpaired) electrons. The maximum absolute atomic E-state index is 12.8. The van der Waals surface area contributed by atoms with Gasteiger partial charge < -0.3 is 9.80 Å². The Morgan fingerprint density at radius 2 is 1.71 bits per heavy atom. The van der Waals surface area contributed by atoms with E-state index in [9.17, 15) is 22.8 Å². The van der Waals surface area contributed by atoms with Crippen LogP contribution >= 0.6 is 0 Å². The molecule has 1 aliphatic heterocycles. The number of carbonyl (C=O) groups is 2. The van der Waals surface area contributed by atoms with Gasteiger partial charge in [0.05, 0.1) is 5.56 Å². The second-order valence-corrected chi connectivity index (χ2v) is 6.01. The molecule has 2 rings (SSSR count). The highest BCUT2D eigenvalue weighted by Crippen LogP contribution is 2.29. The number of benzene rings is 1. The molecule has 24 heavy (non-hydrogen) atoms. The van der Waals surface area contributed by atoms with Crippen molar-refractivity contribution in [3.05, 3.63) is 35.4 Å². The molecule has 0 aromatic heterocycles. The van der Waals surface area contributed by atoms with Gasteiger partial charge in [-0.25, -0.2) is 0 Å². The van der Waals surface area contributed by atoms with E-state index in [1.807, 2.05) is 13.8 Å². The van der Waals surface area contributed by atoms with Crippen molar-refractivity contribution < 1.29 is 22.8 Å². The van der Waals surface area contributed by atoms with Gasteiger partial charge in [0.25, 0.3) is 5.91 Å². The van der Waals surface area contributed by atoms with Crippen LogP contribution in [0.5, 0.6) is 0 Å². The highest BCUT2D eigenvalue weighted by Gasteiger charge is 2.32. The smallest absolute Gasteiger partial charge is 0.339 e. The Balaban J connectivity index is 2.02. The Morgan fingerprint density at radius 1 is 1.12 bits per heavy atom. The first-order valence-corrected chi connectivity index (χ1v) is 7.99. The Labute approximate surface area is 139 Å². The summed E-state index contributed by atoms with van der Waals surface area (Å²) in [5.74, 6) is -0.434. The van der Waals surface area contributed by atoms with Gasteiger partial charge in [0, 0.05) is 37.7 Å². The summed E-state index contributed by atoms with van der Waals surface area (Å²) in [4.78, 5) is 27.7. The highest BCUT2D eigenvalue weighted by molar-refractivity contribution is 5.94. The number of alkyl halides is 3. The molecule has 7 heteroatoms. The molecule has 0 aliphatic carbocycles. The minimum atomic E-state index is -4.47. The van der Waals surface area contributed by atoms with Crippen molar-refractivity contribution in [2.75, 3.05) is 26.2 Å². The lowest BCUT2D eigenvalue weighted by molar-refractivity contribution is -0.138. The fourth-order valence-corrected chi connectivity index (χ4v) is 2.63. The van der Waals surface area contributed by atoms with E-state index in [0.717, 1.165) is 18.6 Å². The standard InChI is InChI=1S/C17H21F3N2O2/c1-3-12(2)15(23)21-7-9-22(10-8-21)16(24)13-5-4-6-14(11-13)17(18,19)20/h4-6,11-12H,3,7-10H2,1-2H3/t12-/m0/s1. The summed E-state index contributed by atoms with van der Waals surface area (Å²) >= 11 is 0. The number of carbonyl (C=O) groups excluding carboxylic acids is 2. The SMILES string of the molecule is CC[C@H](C)C(=O)N1CCN(C(=O)c2cccc(C(F)(F)F)c2)CC1. The zero-order valence-corrected chi connectivity index (χ0v) is 13.8. The first kappa shape index (κ1) is 18.3. The van der Waals surface area contributed by atoms with Crippen molar-refractivity contribution in [2.24, 2.45) is 5.92 Å². The topological polar surface area (TPSA) is 40.6 Å². The highest BCUT2D eigenvalue weighted by atomic mass is 19.4. The van der Waals surface area contributed by atoms with Crippen molar-refractivity contribution >= 4 is 11.8 Å². The maximum atomic E-state index is 12.8. The fraction of sp³-hybridized carbons (Fsp3) is 0.529. The summed E-state index contributed by atoms with van der Waals surface area (Å²) in [6, 6.07) is 4.44. The van der Waals surface area contributed by atoms with Crippen LogP contribution in [0.15, 0.2) is 24.3 Å². The molecule has 132 valence electrons. The molecule has 4 nitrogen and oxygen atoms in total. The number of hydrogen-bond acceptors (Lipinski definition) is 2. The van der Waals surface area contributed by atoms with E-state index in [-0.39, 0.29) is 17.4 Å². The lowest BCUT2D eigenvalue weighted by atomic mass is 10.1. The van der Waals surface area contributed by atoms with Gasteiger partial charge in [0.15, 0.2) is 0 Å². The summed E-state index contributed by atoms with van der Waals surface area (Å²) in [5, 5.41) is 0. The van der Waals surface area contributed by atoms with Gasteiger partial charge in [0.1, 0.15) is 0 Å². The summed E-state index contributed by atoms with van der Waals surface area (Å²) in [6.45, 7) is 5.29. The number of halogens is 3. The van der Waals surface area contributed by atoms with Gasteiger partial charge in [-0.1, -0.05) is 19.9 Å². The van der Waals surface area contributed by atoms with Crippen molar-refractivity contribution in [1.82, 2.24) is 9.80 Å². The van der Waals surface area contributed by atoms with E-state index < -0.39 is 17.6 Å². The number of hydrogen-bond donors (Lipinski definition) is 0. The third-order valence-electron chi connectivity index (χ3n) is 4.35. The van der Waals surface area contributed by atoms with Crippen LogP contribution in [0.2, 0.25) is 0 Å². The van der Waals surface area contributed by atoms with Gasteiger partial charge >= 0.3 is 6.18 Å². The summed E-state index contributed by atoms with van der Waals surface area (Å²) in [5.41, 5.74) is -0.814. The van der Waals surface area contributed by atoms with Crippen LogP contribution in [0.3, 0.4) is 0 Å². The van der Waals surface area contributed by atoms with Crippen LogP contribution in [-0.4, -0.2) is 47.8 Å². The van der Waals surface area contributed by atoms with Gasteiger partial charge in [-0.15, -0.1) is 0 Å². The minimum absolute atomic E-state index is 0.0199. The number of rotatable bonds is 3. The molecule has 1 saturated heterocycles. The Morgan fingerprint density at radius 3 is 2.25 bits per heavy atom. The normalized spacial score (nSPS) is 16.9. The molecule has 1 heterocycles. The predicted octanol–water partition coefficient (Wildman–Crippen LogP) is 3.04. The van der Waals surface area contributed by atoms with Crippen molar-refractivity contribution in [1.29, 1.82) is 0 Å². The third kappa shape index (κ3) is 4.07. The van der Waals surface area contributed by atoms with Crippen LogP contribution in [0, 0.1) is 5.92 Å². The molecule has 1 aliphatic rings. The average Bonchev–Trinajstić information content (AvgIpc) is 2.59. The number of nitrogens with zero attached hydrogens (tertiary/aromatic N) is 2. The zero-order valence-electron chi connectivity index (χ0n) is 13.8. The number of amides is 2. The summed E-state index contributed by atoms with van der Waals surface area (Å²) in [6.07, 6.45) is -3.72. The molecule has 1 fully saturated rings. The molecule has 1 aromatic rings. The van der Waals surface area contributed by atoms with Crippen LogP contribution in [-0.2, 0) is 11.0 Å². The molecule has 0 spiro atoms. The Bertz CT molecular complexity index is 608. The molecule has 0 bridgehead atoms.